The number of cyclic esters (lactones) is 1. The van der Waals surface area contributed by atoms with Gasteiger partial charge in [-0.2, -0.15) is 4.39 Å². The van der Waals surface area contributed by atoms with Crippen LogP contribution in [-0.2, 0) is 17.9 Å². The summed E-state index contributed by atoms with van der Waals surface area (Å²) in [6.45, 7) is 9.38. The predicted molar refractivity (Wildman–Crippen MR) is 133 cm³/mol. The second-order valence-electron chi connectivity index (χ2n) is 7.09. The number of rotatable bonds is 6. The number of halogens is 1. The molecule has 1 aromatic heterocycles. The van der Waals surface area contributed by atoms with E-state index in [1.807, 2.05) is 70.2 Å². The van der Waals surface area contributed by atoms with E-state index >= 15 is 0 Å². The van der Waals surface area contributed by atoms with Crippen molar-refractivity contribution >= 4 is 6.09 Å². The molecule has 1 atom stereocenters. The third-order valence-electron chi connectivity index (χ3n) is 4.91. The van der Waals surface area contributed by atoms with E-state index in [9.17, 15) is 9.18 Å². The number of carbonyl (C=O) groups excluding carboxylic acids is 1. The average Bonchev–Trinajstić information content (AvgIpc) is 3.23. The minimum atomic E-state index is -0.412. The molecule has 4 rings (SSSR count). The molecule has 1 amide bonds. The molecule has 1 unspecified atom stereocenters. The Morgan fingerprint density at radius 3 is 2.56 bits per heavy atom. The minimum absolute atomic E-state index is 0.339. The molecule has 2 heterocycles. The van der Waals surface area contributed by atoms with Crippen LogP contribution < -0.4 is 4.74 Å². The van der Waals surface area contributed by atoms with Gasteiger partial charge >= 0.3 is 6.09 Å². The number of aromatic nitrogens is 1. The summed E-state index contributed by atoms with van der Waals surface area (Å²) in [7, 11) is 0. The highest BCUT2D eigenvalue weighted by molar-refractivity contribution is 5.70. The van der Waals surface area contributed by atoms with Crippen molar-refractivity contribution < 1.29 is 18.7 Å². The summed E-state index contributed by atoms with van der Waals surface area (Å²) in [6.07, 6.45) is 6.87. The highest BCUT2D eigenvalue weighted by Crippen LogP contribution is 2.24. The summed E-state index contributed by atoms with van der Waals surface area (Å²) in [5, 5.41) is 0. The molecule has 0 saturated carbocycles. The Morgan fingerprint density at radius 1 is 1.12 bits per heavy atom. The Morgan fingerprint density at radius 2 is 1.85 bits per heavy atom. The van der Waals surface area contributed by atoms with Crippen LogP contribution in [0.5, 0.6) is 5.75 Å². The van der Waals surface area contributed by atoms with Crippen LogP contribution in [0, 0.1) is 11.8 Å². The lowest BCUT2D eigenvalue weighted by atomic mass is 10.0. The van der Waals surface area contributed by atoms with Crippen molar-refractivity contribution in [1.82, 2.24) is 9.88 Å². The van der Waals surface area contributed by atoms with E-state index in [0.717, 1.165) is 22.4 Å². The van der Waals surface area contributed by atoms with Gasteiger partial charge in [-0.25, -0.2) is 4.79 Å². The van der Waals surface area contributed by atoms with Crippen LogP contribution in [0.4, 0.5) is 9.18 Å². The smallest absolute Gasteiger partial charge is 0.410 e. The monoisotopic (exact) mass is 464 g/mol. The predicted octanol–water partition coefficient (Wildman–Crippen LogP) is 6.61. The summed E-state index contributed by atoms with van der Waals surface area (Å²) in [4.78, 5) is 18.0. The molecule has 180 valence electrons. The molecule has 1 fully saturated rings. The first-order valence-corrected chi connectivity index (χ1v) is 11.8. The van der Waals surface area contributed by atoms with E-state index < -0.39 is 5.83 Å². The van der Waals surface area contributed by atoms with Gasteiger partial charge in [-0.15, -0.1) is 0 Å². The molecule has 0 bridgehead atoms. The van der Waals surface area contributed by atoms with Gasteiger partial charge in [-0.3, -0.25) is 9.88 Å². The number of carbonyl (C=O) groups is 1. The Kier molecular flexibility index (Phi) is 11.4. The lowest BCUT2D eigenvalue weighted by Gasteiger charge is -2.14. The maximum absolute atomic E-state index is 13.2. The molecule has 1 saturated heterocycles. The first-order chi connectivity index (χ1) is 16.7. The maximum atomic E-state index is 13.2. The van der Waals surface area contributed by atoms with Crippen molar-refractivity contribution in [2.45, 2.75) is 59.8 Å². The van der Waals surface area contributed by atoms with Crippen LogP contribution >= 0.6 is 0 Å². The van der Waals surface area contributed by atoms with Gasteiger partial charge in [0.15, 0.2) is 5.83 Å². The SMILES string of the molecule is CC.CC.O=C1OC(/C2=C/C/C=C(/F)C#CC2)CN1Cc1ccc(COc2cccnc2)cc1. The van der Waals surface area contributed by atoms with Crippen molar-refractivity contribution in [2.24, 2.45) is 0 Å². The van der Waals surface area contributed by atoms with Gasteiger partial charge in [0.2, 0.25) is 0 Å². The van der Waals surface area contributed by atoms with E-state index in [-0.39, 0.29) is 12.2 Å². The molecular weight excluding hydrogens is 431 g/mol. The van der Waals surface area contributed by atoms with Gasteiger partial charge in [0.05, 0.1) is 12.7 Å². The lowest BCUT2D eigenvalue weighted by Crippen LogP contribution is -2.25. The van der Waals surface area contributed by atoms with Crippen LogP contribution in [0.3, 0.4) is 0 Å². The van der Waals surface area contributed by atoms with E-state index in [4.69, 9.17) is 9.47 Å². The highest BCUT2D eigenvalue weighted by atomic mass is 19.1. The van der Waals surface area contributed by atoms with Gasteiger partial charge in [0, 0.05) is 19.2 Å². The first-order valence-electron chi connectivity index (χ1n) is 11.8. The zero-order valence-corrected chi connectivity index (χ0v) is 20.4. The minimum Gasteiger partial charge on any atom is -0.487 e. The Balaban J connectivity index is 0.000000970. The Hall–Kier alpha value is -3.59. The highest BCUT2D eigenvalue weighted by Gasteiger charge is 2.33. The van der Waals surface area contributed by atoms with Gasteiger partial charge in [-0.05, 0) is 47.3 Å². The molecular formula is C28H33FN2O3. The molecule has 34 heavy (non-hydrogen) atoms. The molecule has 6 heteroatoms. The third-order valence-corrected chi connectivity index (χ3v) is 4.91. The standard InChI is InChI=1S/C24H21FN2O3.2C2H6/c25-21-6-1-4-20(5-2-7-21)23-16-27(24(28)30-23)15-18-9-11-19(12-10-18)17-29-22-8-3-13-26-14-22;2*1-2/h3-4,6,8-14,23H,1,5,15-17H2;2*1-2H3/b20-4+,21-6+;;. The Labute approximate surface area is 202 Å². The zero-order chi connectivity index (χ0) is 24.8. The molecule has 0 spiro atoms. The fourth-order valence-electron chi connectivity index (χ4n) is 3.30. The second-order valence-corrected chi connectivity index (χ2v) is 7.09. The van der Waals surface area contributed by atoms with Crippen molar-refractivity contribution in [3.63, 3.8) is 0 Å². The number of ether oxygens (including phenoxy) is 2. The van der Waals surface area contributed by atoms with Crippen LogP contribution in [0.15, 0.2) is 72.3 Å². The molecule has 2 aromatic rings. The molecule has 5 nitrogen and oxygen atoms in total. The number of benzene rings is 1. The molecule has 0 radical (unpaired) electrons. The molecule has 0 N–H and O–H groups in total. The van der Waals surface area contributed by atoms with Crippen molar-refractivity contribution in [3.8, 4) is 17.6 Å². The second kappa shape index (κ2) is 14.5. The van der Waals surface area contributed by atoms with Crippen LogP contribution in [0.1, 0.15) is 51.7 Å². The van der Waals surface area contributed by atoms with Gasteiger partial charge in [-0.1, -0.05) is 64.0 Å². The van der Waals surface area contributed by atoms with Crippen molar-refractivity contribution in [3.05, 3.63) is 83.5 Å². The van der Waals surface area contributed by atoms with Crippen molar-refractivity contribution in [1.29, 1.82) is 0 Å². The van der Waals surface area contributed by atoms with Crippen LogP contribution in [0.25, 0.3) is 0 Å². The maximum Gasteiger partial charge on any atom is 0.410 e. The van der Waals surface area contributed by atoms with E-state index in [2.05, 4.69) is 16.8 Å². The van der Waals surface area contributed by atoms with E-state index in [1.165, 1.54) is 6.08 Å². The van der Waals surface area contributed by atoms with Gasteiger partial charge in [0.1, 0.15) is 18.5 Å². The summed E-state index contributed by atoms with van der Waals surface area (Å²) < 4.78 is 24.4. The largest absolute Gasteiger partial charge is 0.487 e. The number of pyridine rings is 1. The van der Waals surface area contributed by atoms with Crippen LogP contribution in [0.2, 0.25) is 0 Å². The number of amides is 1. The summed E-state index contributed by atoms with van der Waals surface area (Å²) in [5.41, 5.74) is 2.96. The van der Waals surface area contributed by atoms with Gasteiger partial charge < -0.3 is 9.47 Å². The quantitative estimate of drug-likeness (QED) is 0.356. The van der Waals surface area contributed by atoms with E-state index in [1.54, 1.807) is 17.3 Å². The Bertz CT molecular complexity index is 1020. The number of hydrogen-bond acceptors (Lipinski definition) is 4. The number of allylic oxidation sites excluding steroid dienone is 3. The summed E-state index contributed by atoms with van der Waals surface area (Å²) in [6, 6.07) is 11.6. The number of nitrogens with zero attached hydrogens (tertiary/aromatic N) is 2. The zero-order valence-electron chi connectivity index (χ0n) is 20.4. The van der Waals surface area contributed by atoms with Crippen LogP contribution in [-0.4, -0.2) is 28.6 Å². The fraction of sp³-hybridized carbons (Fsp3) is 0.357. The average molecular weight is 465 g/mol. The normalized spacial score (nSPS) is 19.6. The molecule has 1 aromatic carbocycles. The molecule has 2 aliphatic rings. The third kappa shape index (κ3) is 8.08. The van der Waals surface area contributed by atoms with Crippen molar-refractivity contribution in [2.75, 3.05) is 6.54 Å². The fourth-order valence-corrected chi connectivity index (χ4v) is 3.30. The number of hydrogen-bond donors (Lipinski definition) is 0. The topological polar surface area (TPSA) is 51.7 Å². The molecule has 1 aliphatic carbocycles. The lowest BCUT2D eigenvalue weighted by molar-refractivity contribution is 0.141. The van der Waals surface area contributed by atoms with E-state index in [0.29, 0.717) is 32.5 Å². The summed E-state index contributed by atoms with van der Waals surface area (Å²) in [5.74, 6) is 5.56. The first kappa shape index (κ1) is 26.7. The van der Waals surface area contributed by atoms with Gasteiger partial charge in [0.25, 0.3) is 0 Å². The summed E-state index contributed by atoms with van der Waals surface area (Å²) >= 11 is 0. The molecule has 1 aliphatic heterocycles.